The lowest BCUT2D eigenvalue weighted by Gasteiger charge is -2.21. The highest BCUT2D eigenvalue weighted by Gasteiger charge is 2.26. The van der Waals surface area contributed by atoms with E-state index < -0.39 is 0 Å². The first kappa shape index (κ1) is 25.4. The molecule has 3 aromatic heterocycles. The molecule has 0 saturated carbocycles. The van der Waals surface area contributed by atoms with Crippen molar-refractivity contribution in [2.24, 2.45) is 0 Å². The van der Waals surface area contributed by atoms with Gasteiger partial charge in [-0.3, -0.25) is 0 Å². The van der Waals surface area contributed by atoms with E-state index in [4.69, 9.17) is 21.5 Å². The minimum Gasteiger partial charge on any atom is -0.456 e. The van der Waals surface area contributed by atoms with Crippen molar-refractivity contribution in [3.63, 3.8) is 0 Å². The molecule has 6 heteroatoms. The summed E-state index contributed by atoms with van der Waals surface area (Å²) in [4.78, 5) is 5.96. The molecule has 2 nitrogen and oxygen atoms in total. The SMILES string of the molecule is C/C(=C\C=C(/S)c1cccs1)c1ccc2oc3ccc4c(-c5ccc(-c6cccs6)s5)ccc5oc6ccc1c2c6-c3c54. The van der Waals surface area contributed by atoms with Crippen molar-refractivity contribution in [2.75, 3.05) is 0 Å². The predicted octanol–water partition coefficient (Wildman–Crippen LogP) is 12.9. The predicted molar refractivity (Wildman–Crippen MR) is 190 cm³/mol. The minimum absolute atomic E-state index is 0.862. The van der Waals surface area contributed by atoms with Crippen molar-refractivity contribution < 1.29 is 8.83 Å². The fraction of sp³-hybridized carbons (Fsp3) is 0.0270. The Labute approximate surface area is 264 Å². The third-order valence-corrected chi connectivity index (χ3v) is 11.9. The maximum atomic E-state index is 6.63. The van der Waals surface area contributed by atoms with Crippen LogP contribution < -0.4 is 0 Å². The largest absolute Gasteiger partial charge is 0.456 e. The summed E-state index contributed by atoms with van der Waals surface area (Å²) < 4.78 is 13.3. The molecular formula is C37H22O2S4. The maximum Gasteiger partial charge on any atom is 0.136 e. The van der Waals surface area contributed by atoms with Gasteiger partial charge in [0.15, 0.2) is 0 Å². The van der Waals surface area contributed by atoms with Gasteiger partial charge in [0.1, 0.15) is 22.3 Å². The molecular weight excluding hydrogens is 605 g/mol. The fourth-order valence-electron chi connectivity index (χ4n) is 6.26. The molecule has 0 unspecified atom stereocenters. The molecule has 43 heavy (non-hydrogen) atoms. The second kappa shape index (κ2) is 9.73. The van der Waals surface area contributed by atoms with Gasteiger partial charge in [0, 0.05) is 46.3 Å². The molecule has 0 bridgehead atoms. The highest BCUT2D eigenvalue weighted by molar-refractivity contribution is 7.90. The average molecular weight is 627 g/mol. The van der Waals surface area contributed by atoms with Crippen LogP contribution in [0.15, 0.2) is 117 Å². The molecule has 0 fully saturated rings. The van der Waals surface area contributed by atoms with Gasteiger partial charge in [-0.05, 0) is 118 Å². The molecule has 2 aliphatic rings. The van der Waals surface area contributed by atoms with Crippen LogP contribution in [0.5, 0.6) is 0 Å². The zero-order chi connectivity index (χ0) is 28.7. The van der Waals surface area contributed by atoms with Crippen LogP contribution in [-0.2, 0) is 0 Å². The Morgan fingerprint density at radius 1 is 0.628 bits per heavy atom. The first-order valence-electron chi connectivity index (χ1n) is 14.0. The summed E-state index contributed by atoms with van der Waals surface area (Å²) in [7, 11) is 0. The molecule has 4 aromatic carbocycles. The second-order valence-corrected chi connectivity index (χ2v) is 14.1. The molecule has 0 spiro atoms. The van der Waals surface area contributed by atoms with E-state index in [0.717, 1.165) is 65.0 Å². The van der Waals surface area contributed by atoms with E-state index in [1.54, 1.807) is 22.7 Å². The first-order valence-corrected chi connectivity index (χ1v) is 17.0. The van der Waals surface area contributed by atoms with Gasteiger partial charge in [-0.25, -0.2) is 0 Å². The Bertz CT molecular complexity index is 2460. The van der Waals surface area contributed by atoms with Crippen LogP contribution in [0, 0.1) is 0 Å². The van der Waals surface area contributed by atoms with Gasteiger partial charge in [-0.2, -0.15) is 0 Å². The molecule has 0 amide bonds. The van der Waals surface area contributed by atoms with Gasteiger partial charge >= 0.3 is 0 Å². The van der Waals surface area contributed by atoms with Crippen LogP contribution in [0.2, 0.25) is 0 Å². The quantitative estimate of drug-likeness (QED) is 0.0890. The van der Waals surface area contributed by atoms with E-state index in [1.165, 1.54) is 31.1 Å². The van der Waals surface area contributed by atoms with Gasteiger partial charge in [-0.15, -0.1) is 46.6 Å². The molecule has 0 N–H and O–H groups in total. The standard InChI is InChI=1S/C37H22O2S4/c1-20(6-15-29(40)31-4-2-18-41-31)21-7-11-25-34-23(21)9-13-27-36(34)37-28(38-25)14-10-24-22(8-12-26(39-27)35(24)37)30-16-17-33(43-30)32-5-3-19-42-32/h2-19,40H,1H3/b20-6+,29-15-. The minimum atomic E-state index is 0.862. The Morgan fingerprint density at radius 3 is 2.05 bits per heavy atom. The second-order valence-electron chi connectivity index (χ2n) is 10.7. The van der Waals surface area contributed by atoms with E-state index in [1.807, 2.05) is 11.3 Å². The summed E-state index contributed by atoms with van der Waals surface area (Å²) in [6.45, 7) is 2.15. The van der Waals surface area contributed by atoms with Crippen LogP contribution in [0.25, 0.3) is 85.7 Å². The van der Waals surface area contributed by atoms with E-state index >= 15 is 0 Å². The van der Waals surface area contributed by atoms with E-state index in [2.05, 4.69) is 115 Å². The van der Waals surface area contributed by atoms with E-state index in [0.29, 0.717) is 0 Å². The Kier molecular flexibility index (Phi) is 5.75. The summed E-state index contributed by atoms with van der Waals surface area (Å²) in [5.74, 6) is 0. The number of thiol groups is 1. The zero-order valence-electron chi connectivity index (χ0n) is 22.9. The van der Waals surface area contributed by atoms with Crippen LogP contribution in [-0.4, -0.2) is 0 Å². The average Bonchev–Trinajstić information content (AvgIpc) is 3.84. The Morgan fingerprint density at radius 2 is 1.30 bits per heavy atom. The number of hydrogen-bond donors (Lipinski definition) is 1. The first-order chi connectivity index (χ1) is 21.1. The summed E-state index contributed by atoms with van der Waals surface area (Å²) in [5, 5.41) is 8.75. The third-order valence-electron chi connectivity index (χ3n) is 8.23. The topological polar surface area (TPSA) is 26.3 Å². The number of thiophene rings is 3. The van der Waals surface area contributed by atoms with Gasteiger partial charge < -0.3 is 8.83 Å². The lowest BCUT2D eigenvalue weighted by molar-refractivity contribution is 0.646. The third kappa shape index (κ3) is 3.91. The zero-order valence-corrected chi connectivity index (χ0v) is 26.2. The van der Waals surface area contributed by atoms with Gasteiger partial charge in [0.2, 0.25) is 0 Å². The smallest absolute Gasteiger partial charge is 0.136 e. The van der Waals surface area contributed by atoms with Crippen LogP contribution in [0.1, 0.15) is 17.4 Å². The monoisotopic (exact) mass is 626 g/mol. The number of rotatable bonds is 5. The van der Waals surface area contributed by atoms with Crippen LogP contribution in [0.4, 0.5) is 0 Å². The molecule has 0 aliphatic carbocycles. The Hall–Kier alpha value is -4.07. The molecule has 0 atom stereocenters. The van der Waals surface area contributed by atoms with Crippen LogP contribution >= 0.6 is 46.6 Å². The van der Waals surface area contributed by atoms with Crippen molar-refractivity contribution in [1.29, 1.82) is 0 Å². The van der Waals surface area contributed by atoms with Gasteiger partial charge in [0.05, 0.1) is 0 Å². The summed E-state index contributed by atoms with van der Waals surface area (Å²) in [6.07, 6.45) is 4.23. The number of benzene rings is 4. The van der Waals surface area contributed by atoms with E-state index in [-0.39, 0.29) is 0 Å². The molecule has 0 saturated heterocycles. The molecule has 206 valence electrons. The normalized spacial score (nSPS) is 13.2. The summed E-state index contributed by atoms with van der Waals surface area (Å²) >= 11 is 10.0. The molecule has 0 radical (unpaired) electrons. The van der Waals surface area contributed by atoms with Crippen molar-refractivity contribution in [2.45, 2.75) is 6.92 Å². The molecule has 7 aromatic rings. The maximum absolute atomic E-state index is 6.63. The van der Waals surface area contributed by atoms with Gasteiger partial charge in [-0.1, -0.05) is 24.3 Å². The molecule has 9 rings (SSSR count). The van der Waals surface area contributed by atoms with E-state index in [9.17, 15) is 0 Å². The fourth-order valence-corrected chi connectivity index (χ4v) is 9.10. The lowest BCUT2D eigenvalue weighted by atomic mass is 9.87. The van der Waals surface area contributed by atoms with Crippen molar-refractivity contribution in [3.05, 3.63) is 118 Å². The van der Waals surface area contributed by atoms with Crippen molar-refractivity contribution in [3.8, 4) is 31.3 Å². The molecule has 5 heterocycles. The molecule has 2 aliphatic heterocycles. The number of hydrogen-bond acceptors (Lipinski definition) is 6. The number of allylic oxidation sites excluding steroid dienone is 3. The summed E-state index contributed by atoms with van der Waals surface area (Å²) in [6, 6.07) is 30.1. The lowest BCUT2D eigenvalue weighted by Crippen LogP contribution is -1.96. The van der Waals surface area contributed by atoms with Gasteiger partial charge in [0.25, 0.3) is 0 Å². The van der Waals surface area contributed by atoms with Crippen molar-refractivity contribution in [1.82, 2.24) is 0 Å². The van der Waals surface area contributed by atoms with Crippen LogP contribution in [0.3, 0.4) is 0 Å². The van der Waals surface area contributed by atoms with Crippen molar-refractivity contribution >= 4 is 101 Å². The highest BCUT2D eigenvalue weighted by Crippen LogP contribution is 2.51. The summed E-state index contributed by atoms with van der Waals surface area (Å²) in [5.41, 5.74) is 9.27. The Balaban J connectivity index is 1.26. The highest BCUT2D eigenvalue weighted by atomic mass is 32.1.